The van der Waals surface area contributed by atoms with Gasteiger partial charge in [0.05, 0.1) is 12.0 Å². The van der Waals surface area contributed by atoms with Gasteiger partial charge in [0.15, 0.2) is 0 Å². The van der Waals surface area contributed by atoms with Crippen LogP contribution in [0.2, 0.25) is 0 Å². The minimum Gasteiger partial charge on any atom is -0.198 e. The van der Waals surface area contributed by atoms with Gasteiger partial charge in [-0.1, -0.05) is 12.8 Å². The summed E-state index contributed by atoms with van der Waals surface area (Å²) in [7, 11) is 0. The van der Waals surface area contributed by atoms with Crippen molar-refractivity contribution >= 4 is 11.8 Å². The van der Waals surface area contributed by atoms with Crippen LogP contribution in [0.4, 0.5) is 0 Å². The molecule has 0 heterocycles. The number of thioether (sulfide) groups is 1. The number of nitrogens with zero attached hydrogens (tertiary/aromatic N) is 1. The monoisotopic (exact) mass is 169 g/mol. The molecule has 1 saturated carbocycles. The first-order chi connectivity index (χ1) is 5.38. The third-order valence-electron chi connectivity index (χ3n) is 2.48. The maximum absolute atomic E-state index is 8.85. The fourth-order valence-corrected chi connectivity index (χ4v) is 2.52. The molecule has 1 nitrogen and oxygen atoms in total. The Balaban J connectivity index is 2.35. The van der Waals surface area contributed by atoms with Crippen LogP contribution in [0.1, 0.15) is 25.7 Å². The first kappa shape index (κ1) is 8.93. The smallest absolute Gasteiger partial charge is 0.0667 e. The Labute approximate surface area is 73.2 Å². The van der Waals surface area contributed by atoms with Gasteiger partial charge in [0.25, 0.3) is 0 Å². The molecule has 1 unspecified atom stereocenters. The molecule has 0 bridgehead atoms. The van der Waals surface area contributed by atoms with Gasteiger partial charge in [-0.3, -0.25) is 0 Å². The summed E-state index contributed by atoms with van der Waals surface area (Å²) in [4.78, 5) is 0. The molecule has 11 heavy (non-hydrogen) atoms. The Kier molecular flexibility index (Phi) is 3.79. The normalized spacial score (nSPS) is 21.5. The summed E-state index contributed by atoms with van der Waals surface area (Å²) >= 11 is 1.80. The molecule has 0 aromatic heterocycles. The van der Waals surface area contributed by atoms with Gasteiger partial charge >= 0.3 is 0 Å². The molecule has 1 atom stereocenters. The van der Waals surface area contributed by atoms with Crippen LogP contribution in [0.25, 0.3) is 0 Å². The van der Waals surface area contributed by atoms with Gasteiger partial charge in [0, 0.05) is 5.75 Å². The number of nitriles is 1. The van der Waals surface area contributed by atoms with Gasteiger partial charge in [0.2, 0.25) is 0 Å². The van der Waals surface area contributed by atoms with E-state index in [1.807, 2.05) is 0 Å². The van der Waals surface area contributed by atoms with Crippen molar-refractivity contribution in [2.24, 2.45) is 11.8 Å². The lowest BCUT2D eigenvalue weighted by Crippen LogP contribution is -2.11. The Bertz CT molecular complexity index is 144. The summed E-state index contributed by atoms with van der Waals surface area (Å²) in [5.41, 5.74) is 0. The minimum absolute atomic E-state index is 0.326. The van der Waals surface area contributed by atoms with E-state index in [9.17, 15) is 0 Å². The zero-order chi connectivity index (χ0) is 8.10. The highest BCUT2D eigenvalue weighted by atomic mass is 32.2. The molecule has 0 aliphatic heterocycles. The molecule has 0 aromatic rings. The number of hydrogen-bond acceptors (Lipinski definition) is 2. The topological polar surface area (TPSA) is 23.8 Å². The van der Waals surface area contributed by atoms with E-state index in [0.717, 1.165) is 5.75 Å². The lowest BCUT2D eigenvalue weighted by Gasteiger charge is -2.13. The van der Waals surface area contributed by atoms with Crippen LogP contribution < -0.4 is 0 Å². The van der Waals surface area contributed by atoms with E-state index < -0.39 is 0 Å². The molecule has 62 valence electrons. The summed E-state index contributed by atoms with van der Waals surface area (Å²) < 4.78 is 0. The summed E-state index contributed by atoms with van der Waals surface area (Å²) in [6.45, 7) is 0. The van der Waals surface area contributed by atoms with Crippen molar-refractivity contribution in [1.82, 2.24) is 0 Å². The maximum Gasteiger partial charge on any atom is 0.0667 e. The first-order valence-electron chi connectivity index (χ1n) is 4.27. The standard InChI is InChI=1S/C9H15NS/c1-11-7-9(6-10)8-4-2-3-5-8/h8-9H,2-5,7H2,1H3. The minimum atomic E-state index is 0.326. The average molecular weight is 169 g/mol. The second-order valence-corrected chi connectivity index (χ2v) is 4.15. The fourth-order valence-electron chi connectivity index (χ4n) is 1.82. The third kappa shape index (κ3) is 2.41. The van der Waals surface area contributed by atoms with Crippen LogP contribution in [-0.4, -0.2) is 12.0 Å². The molecule has 0 aromatic carbocycles. The van der Waals surface area contributed by atoms with E-state index in [1.54, 1.807) is 11.8 Å². The second-order valence-electron chi connectivity index (χ2n) is 3.24. The number of rotatable bonds is 3. The van der Waals surface area contributed by atoms with Crippen LogP contribution in [0, 0.1) is 23.2 Å². The molecule has 0 saturated heterocycles. The summed E-state index contributed by atoms with van der Waals surface area (Å²) in [6.07, 6.45) is 7.35. The van der Waals surface area contributed by atoms with Crippen LogP contribution >= 0.6 is 11.8 Å². The van der Waals surface area contributed by atoms with E-state index >= 15 is 0 Å². The van der Waals surface area contributed by atoms with Gasteiger partial charge in [-0.15, -0.1) is 0 Å². The van der Waals surface area contributed by atoms with Gasteiger partial charge in [0.1, 0.15) is 0 Å². The summed E-state index contributed by atoms with van der Waals surface area (Å²) in [6, 6.07) is 2.42. The number of hydrogen-bond donors (Lipinski definition) is 0. The zero-order valence-electron chi connectivity index (χ0n) is 7.05. The van der Waals surface area contributed by atoms with E-state index in [2.05, 4.69) is 12.3 Å². The lowest BCUT2D eigenvalue weighted by molar-refractivity contribution is 0.449. The van der Waals surface area contributed by atoms with Crippen molar-refractivity contribution in [1.29, 1.82) is 5.26 Å². The Hall–Kier alpha value is -0.160. The van der Waals surface area contributed by atoms with Gasteiger partial charge in [-0.05, 0) is 25.0 Å². The molecule has 0 N–H and O–H groups in total. The molecule has 1 aliphatic rings. The quantitative estimate of drug-likeness (QED) is 0.648. The predicted octanol–water partition coefficient (Wildman–Crippen LogP) is 2.68. The van der Waals surface area contributed by atoms with E-state index in [1.165, 1.54) is 25.7 Å². The van der Waals surface area contributed by atoms with Crippen LogP contribution in [-0.2, 0) is 0 Å². The molecular formula is C9H15NS. The fraction of sp³-hybridized carbons (Fsp3) is 0.889. The van der Waals surface area contributed by atoms with Crippen molar-refractivity contribution in [2.45, 2.75) is 25.7 Å². The molecule has 0 amide bonds. The molecule has 1 rings (SSSR count). The third-order valence-corrected chi connectivity index (χ3v) is 3.17. The largest absolute Gasteiger partial charge is 0.198 e. The van der Waals surface area contributed by atoms with E-state index in [-0.39, 0.29) is 0 Å². The highest BCUT2D eigenvalue weighted by Crippen LogP contribution is 2.32. The average Bonchev–Trinajstić information content (AvgIpc) is 2.52. The Morgan fingerprint density at radius 3 is 2.64 bits per heavy atom. The maximum atomic E-state index is 8.85. The molecular weight excluding hydrogens is 154 g/mol. The van der Waals surface area contributed by atoms with Crippen molar-refractivity contribution in [2.75, 3.05) is 12.0 Å². The van der Waals surface area contributed by atoms with Crippen LogP contribution in [0.15, 0.2) is 0 Å². The van der Waals surface area contributed by atoms with Gasteiger partial charge in [-0.2, -0.15) is 17.0 Å². The van der Waals surface area contributed by atoms with Crippen LogP contribution in [0.3, 0.4) is 0 Å². The SMILES string of the molecule is CSCC(C#N)C1CCCC1. The molecule has 1 aliphatic carbocycles. The van der Waals surface area contributed by atoms with Gasteiger partial charge in [-0.25, -0.2) is 0 Å². The molecule has 0 radical (unpaired) electrons. The van der Waals surface area contributed by atoms with Crippen LogP contribution in [0.5, 0.6) is 0 Å². The second kappa shape index (κ2) is 4.66. The molecule has 0 spiro atoms. The highest BCUT2D eigenvalue weighted by Gasteiger charge is 2.23. The molecule has 2 heteroatoms. The highest BCUT2D eigenvalue weighted by molar-refractivity contribution is 7.98. The molecule has 1 fully saturated rings. The first-order valence-corrected chi connectivity index (χ1v) is 5.66. The lowest BCUT2D eigenvalue weighted by atomic mass is 9.94. The zero-order valence-corrected chi connectivity index (χ0v) is 7.86. The van der Waals surface area contributed by atoms with E-state index in [4.69, 9.17) is 5.26 Å². The predicted molar refractivity (Wildman–Crippen MR) is 49.4 cm³/mol. The van der Waals surface area contributed by atoms with Crippen molar-refractivity contribution < 1.29 is 0 Å². The summed E-state index contributed by atoms with van der Waals surface area (Å²) in [5, 5.41) is 8.85. The Morgan fingerprint density at radius 1 is 1.55 bits per heavy atom. The van der Waals surface area contributed by atoms with Crippen molar-refractivity contribution in [3.05, 3.63) is 0 Å². The van der Waals surface area contributed by atoms with Crippen molar-refractivity contribution in [3.63, 3.8) is 0 Å². The van der Waals surface area contributed by atoms with Crippen molar-refractivity contribution in [3.8, 4) is 6.07 Å². The Morgan fingerprint density at radius 2 is 2.18 bits per heavy atom. The summed E-state index contributed by atoms with van der Waals surface area (Å²) in [5.74, 6) is 2.07. The van der Waals surface area contributed by atoms with Gasteiger partial charge < -0.3 is 0 Å². The van der Waals surface area contributed by atoms with E-state index in [0.29, 0.717) is 11.8 Å².